The Morgan fingerprint density at radius 1 is 1.20 bits per heavy atom. The van der Waals surface area contributed by atoms with E-state index in [2.05, 4.69) is 19.9 Å². The molecule has 0 atom stereocenters. The van der Waals surface area contributed by atoms with Crippen molar-refractivity contribution in [3.05, 3.63) is 48.4 Å². The number of pyridine rings is 1. The number of aryl methyl sites for hydroxylation is 1. The average molecular weight is 406 g/mol. The van der Waals surface area contributed by atoms with Crippen LogP contribution >= 0.6 is 0 Å². The number of fused-ring (bicyclic) bond motifs is 1. The zero-order valence-electron chi connectivity index (χ0n) is 16.8. The summed E-state index contributed by atoms with van der Waals surface area (Å²) in [5.41, 5.74) is 9.64. The van der Waals surface area contributed by atoms with Gasteiger partial charge in [0.2, 0.25) is 5.89 Å². The topological polar surface area (TPSA) is 121 Å². The molecule has 9 heteroatoms. The molecule has 0 fully saturated rings. The van der Waals surface area contributed by atoms with Crippen molar-refractivity contribution < 1.29 is 13.9 Å². The van der Waals surface area contributed by atoms with Crippen molar-refractivity contribution in [3.63, 3.8) is 0 Å². The Hall–Kier alpha value is -3.59. The number of hydrogen-bond acceptors (Lipinski definition) is 8. The molecule has 0 amide bonds. The fraction of sp³-hybridized carbons (Fsp3) is 0.286. The summed E-state index contributed by atoms with van der Waals surface area (Å²) < 4.78 is 12.4. The molecule has 0 unspecified atom stereocenters. The van der Waals surface area contributed by atoms with E-state index in [-0.39, 0.29) is 23.2 Å². The van der Waals surface area contributed by atoms with Crippen LogP contribution in [0.4, 0.5) is 5.82 Å². The fourth-order valence-electron chi connectivity index (χ4n) is 3.24. The molecule has 0 aromatic carbocycles. The van der Waals surface area contributed by atoms with E-state index in [9.17, 15) is 4.79 Å². The van der Waals surface area contributed by atoms with Crippen molar-refractivity contribution >= 4 is 17.2 Å². The van der Waals surface area contributed by atoms with Crippen molar-refractivity contribution in [2.24, 2.45) is 0 Å². The minimum absolute atomic E-state index is 0.0589. The highest BCUT2D eigenvalue weighted by atomic mass is 16.5. The third kappa shape index (κ3) is 3.79. The third-order valence-electron chi connectivity index (χ3n) is 4.79. The first-order valence-corrected chi connectivity index (χ1v) is 9.62. The molecule has 9 nitrogen and oxygen atoms in total. The number of unbranched alkanes of at least 4 members (excludes halogenated alkanes) is 1. The van der Waals surface area contributed by atoms with E-state index in [1.807, 2.05) is 29.7 Å². The smallest absolute Gasteiger partial charge is 0.247 e. The molecule has 154 valence electrons. The lowest BCUT2D eigenvalue weighted by atomic mass is 10.1. The number of ketones is 1. The Morgan fingerprint density at radius 3 is 2.83 bits per heavy atom. The second-order valence-corrected chi connectivity index (χ2v) is 6.91. The van der Waals surface area contributed by atoms with Crippen molar-refractivity contribution in [3.8, 4) is 22.8 Å². The molecule has 30 heavy (non-hydrogen) atoms. The van der Waals surface area contributed by atoms with Crippen LogP contribution < -0.4 is 5.73 Å². The number of oxazole rings is 1. The van der Waals surface area contributed by atoms with Gasteiger partial charge in [0.25, 0.3) is 0 Å². The minimum atomic E-state index is -0.156. The van der Waals surface area contributed by atoms with E-state index in [0.29, 0.717) is 30.8 Å². The second kappa shape index (κ2) is 8.42. The van der Waals surface area contributed by atoms with Gasteiger partial charge in [-0.05, 0) is 31.9 Å². The van der Waals surface area contributed by atoms with Crippen LogP contribution in [-0.4, -0.2) is 43.8 Å². The predicted octanol–water partition coefficient (Wildman–Crippen LogP) is 3.34. The summed E-state index contributed by atoms with van der Waals surface area (Å²) in [6.07, 6.45) is 8.46. The van der Waals surface area contributed by atoms with Gasteiger partial charge in [-0.25, -0.2) is 19.9 Å². The van der Waals surface area contributed by atoms with Gasteiger partial charge in [0.15, 0.2) is 17.3 Å². The number of aromatic nitrogens is 5. The first kappa shape index (κ1) is 19.7. The number of rotatable bonds is 8. The van der Waals surface area contributed by atoms with Crippen LogP contribution in [0.2, 0.25) is 0 Å². The largest absolute Gasteiger partial charge is 0.443 e. The Labute approximate surface area is 173 Å². The van der Waals surface area contributed by atoms with Gasteiger partial charge in [-0.3, -0.25) is 4.79 Å². The minimum Gasteiger partial charge on any atom is -0.443 e. The normalized spacial score (nSPS) is 11.3. The van der Waals surface area contributed by atoms with Crippen molar-refractivity contribution in [1.82, 2.24) is 24.3 Å². The maximum absolute atomic E-state index is 12.8. The molecule has 0 radical (unpaired) electrons. The molecule has 0 bridgehead atoms. The van der Waals surface area contributed by atoms with Crippen LogP contribution in [-0.2, 0) is 4.74 Å². The monoisotopic (exact) mass is 406 g/mol. The van der Waals surface area contributed by atoms with Crippen LogP contribution in [0.5, 0.6) is 0 Å². The van der Waals surface area contributed by atoms with Crippen LogP contribution in [0.25, 0.3) is 28.5 Å². The molecule has 4 aromatic rings. The molecule has 4 aromatic heterocycles. The zero-order chi connectivity index (χ0) is 21.1. The van der Waals surface area contributed by atoms with E-state index in [1.165, 1.54) is 12.5 Å². The molecule has 2 N–H and O–H groups in total. The molecular weight excluding hydrogens is 384 g/mol. The summed E-state index contributed by atoms with van der Waals surface area (Å²) >= 11 is 0. The molecule has 0 saturated carbocycles. The summed E-state index contributed by atoms with van der Waals surface area (Å²) in [6, 6.07) is 3.76. The number of nitrogens with zero attached hydrogens (tertiary/aromatic N) is 5. The SMILES string of the molecule is COCCCCC(=O)c1nc(-c2ccc3ncc(C)n3c2)c(-c2ncco2)nc1N. The number of Topliss-reactive ketones (excluding diaryl/α,β-unsaturated/α-hetero) is 1. The van der Waals surface area contributed by atoms with Gasteiger partial charge in [-0.15, -0.1) is 0 Å². The first-order chi connectivity index (χ1) is 14.6. The van der Waals surface area contributed by atoms with Crippen LogP contribution in [0.3, 0.4) is 0 Å². The van der Waals surface area contributed by atoms with Crippen molar-refractivity contribution in [1.29, 1.82) is 0 Å². The highest BCUT2D eigenvalue weighted by molar-refractivity contribution is 5.99. The highest BCUT2D eigenvalue weighted by Gasteiger charge is 2.22. The Kier molecular flexibility index (Phi) is 5.53. The molecule has 0 aliphatic heterocycles. The van der Waals surface area contributed by atoms with Crippen LogP contribution in [0.1, 0.15) is 35.4 Å². The Morgan fingerprint density at radius 2 is 2.07 bits per heavy atom. The summed E-state index contributed by atoms with van der Waals surface area (Å²) in [5.74, 6) is 0.186. The highest BCUT2D eigenvalue weighted by Crippen LogP contribution is 2.30. The fourth-order valence-corrected chi connectivity index (χ4v) is 3.24. The summed E-state index contributed by atoms with van der Waals surface area (Å²) in [7, 11) is 1.64. The van der Waals surface area contributed by atoms with Gasteiger partial charge in [-0.2, -0.15) is 0 Å². The molecule has 0 saturated heterocycles. The van der Waals surface area contributed by atoms with Gasteiger partial charge in [-0.1, -0.05) is 0 Å². The maximum Gasteiger partial charge on any atom is 0.247 e. The lowest BCUT2D eigenvalue weighted by molar-refractivity contribution is 0.0971. The number of ether oxygens (including phenoxy) is 1. The Bertz CT molecular complexity index is 1180. The van der Waals surface area contributed by atoms with E-state index < -0.39 is 0 Å². The van der Waals surface area contributed by atoms with Gasteiger partial charge >= 0.3 is 0 Å². The van der Waals surface area contributed by atoms with E-state index >= 15 is 0 Å². The number of nitrogen functional groups attached to an aromatic ring is 1. The standard InChI is InChI=1S/C21H22N6O3/c1-13-11-24-16-7-6-14(12-27(13)16)17-19(21-23-8-10-30-21)26-20(22)18(25-17)15(28)5-3-4-9-29-2/h6-8,10-12H,3-5,9H2,1-2H3,(H2,22,26). The first-order valence-electron chi connectivity index (χ1n) is 9.62. The maximum atomic E-state index is 12.8. The number of anilines is 1. The number of carbonyl (C=O) groups is 1. The number of imidazole rings is 1. The molecule has 4 rings (SSSR count). The van der Waals surface area contributed by atoms with Gasteiger partial charge in [0, 0.05) is 43.8 Å². The van der Waals surface area contributed by atoms with Gasteiger partial charge in [0.05, 0.1) is 6.20 Å². The molecule has 0 spiro atoms. The van der Waals surface area contributed by atoms with E-state index in [4.69, 9.17) is 14.9 Å². The molecular formula is C21H22N6O3. The van der Waals surface area contributed by atoms with E-state index in [0.717, 1.165) is 23.3 Å². The summed E-state index contributed by atoms with van der Waals surface area (Å²) in [6.45, 7) is 2.56. The number of carbonyl (C=O) groups excluding carboxylic acids is 1. The number of hydrogen-bond donors (Lipinski definition) is 1. The van der Waals surface area contributed by atoms with Crippen LogP contribution in [0.15, 0.2) is 41.4 Å². The molecule has 0 aliphatic rings. The van der Waals surface area contributed by atoms with Gasteiger partial charge in [0.1, 0.15) is 23.3 Å². The summed E-state index contributed by atoms with van der Waals surface area (Å²) in [4.78, 5) is 30.3. The lowest BCUT2D eigenvalue weighted by Gasteiger charge is -2.11. The van der Waals surface area contributed by atoms with Gasteiger partial charge < -0.3 is 19.3 Å². The number of nitrogens with two attached hydrogens (primary N) is 1. The summed E-state index contributed by atoms with van der Waals surface area (Å²) in [5, 5.41) is 0. The zero-order valence-corrected chi connectivity index (χ0v) is 16.8. The molecule has 4 heterocycles. The number of methoxy groups -OCH3 is 1. The Balaban J connectivity index is 1.79. The van der Waals surface area contributed by atoms with Crippen molar-refractivity contribution in [2.75, 3.05) is 19.5 Å². The second-order valence-electron chi connectivity index (χ2n) is 6.91. The lowest BCUT2D eigenvalue weighted by Crippen LogP contribution is -2.11. The van der Waals surface area contributed by atoms with Crippen molar-refractivity contribution in [2.45, 2.75) is 26.2 Å². The quantitative estimate of drug-likeness (QED) is 0.349. The van der Waals surface area contributed by atoms with E-state index in [1.54, 1.807) is 13.3 Å². The third-order valence-corrected chi connectivity index (χ3v) is 4.79. The average Bonchev–Trinajstić information content (AvgIpc) is 3.41. The molecule has 0 aliphatic carbocycles. The predicted molar refractivity (Wildman–Crippen MR) is 111 cm³/mol. The van der Waals surface area contributed by atoms with Crippen LogP contribution in [0, 0.1) is 6.92 Å².